The molecule has 0 saturated carbocycles. The van der Waals surface area contributed by atoms with Crippen molar-refractivity contribution in [2.45, 2.75) is 91.0 Å². The van der Waals surface area contributed by atoms with Gasteiger partial charge in [0.25, 0.3) is 0 Å². The van der Waals surface area contributed by atoms with Crippen LogP contribution in [0.15, 0.2) is 16.5 Å². The molecule has 2 unspecified atom stereocenters. The van der Waals surface area contributed by atoms with E-state index in [1.165, 1.54) is 4.90 Å². The summed E-state index contributed by atoms with van der Waals surface area (Å²) in [4.78, 5) is 53.1. The van der Waals surface area contributed by atoms with Crippen LogP contribution in [0.1, 0.15) is 71.4 Å². The van der Waals surface area contributed by atoms with Crippen LogP contribution in [0.2, 0.25) is 0 Å². The zero-order valence-corrected chi connectivity index (χ0v) is 21.8. The van der Waals surface area contributed by atoms with E-state index < -0.39 is 48.0 Å². The Labute approximate surface area is 207 Å². The molecular weight excluding hydrogens is 452 g/mol. The molecule has 1 aliphatic rings. The molecule has 2 rings (SSSR count). The number of aryl methyl sites for hydroxylation is 1. The van der Waals surface area contributed by atoms with Crippen molar-refractivity contribution in [2.24, 2.45) is 11.8 Å². The lowest BCUT2D eigenvalue weighted by Crippen LogP contribution is -2.58. The van der Waals surface area contributed by atoms with Gasteiger partial charge in [0.2, 0.25) is 17.7 Å². The number of furan rings is 1. The summed E-state index contributed by atoms with van der Waals surface area (Å²) in [7, 11) is 1.66. The fraction of sp³-hybridized carbons (Fsp3) is 0.680. The Morgan fingerprint density at radius 3 is 2.23 bits per heavy atom. The van der Waals surface area contributed by atoms with Crippen LogP contribution < -0.4 is 16.0 Å². The van der Waals surface area contributed by atoms with Crippen LogP contribution in [-0.4, -0.2) is 64.9 Å². The molecule has 0 radical (unpaired) electrons. The van der Waals surface area contributed by atoms with Gasteiger partial charge in [-0.05, 0) is 57.7 Å². The molecule has 10 nitrogen and oxygen atoms in total. The first-order valence-electron chi connectivity index (χ1n) is 12.3. The van der Waals surface area contributed by atoms with E-state index in [9.17, 15) is 24.3 Å². The predicted molar refractivity (Wildman–Crippen MR) is 130 cm³/mol. The minimum Gasteiger partial charge on any atom is -0.480 e. The average Bonchev–Trinajstić information content (AvgIpc) is 3.44. The lowest BCUT2D eigenvalue weighted by Gasteiger charge is -2.34. The number of hydrogen-bond donors (Lipinski definition) is 4. The molecule has 1 aromatic rings. The lowest BCUT2D eigenvalue weighted by molar-refractivity contribution is -0.147. The quantitative estimate of drug-likeness (QED) is 0.370. The molecule has 1 aliphatic heterocycles. The number of hydrogen-bond acceptors (Lipinski definition) is 6. The number of amides is 3. The highest BCUT2D eigenvalue weighted by Gasteiger charge is 2.46. The first-order valence-corrected chi connectivity index (χ1v) is 12.3. The summed E-state index contributed by atoms with van der Waals surface area (Å²) in [5.74, 6) is -1.65. The Hall–Kier alpha value is -2.88. The van der Waals surface area contributed by atoms with Gasteiger partial charge in [-0.15, -0.1) is 0 Å². The van der Waals surface area contributed by atoms with Gasteiger partial charge >= 0.3 is 5.97 Å². The molecule has 0 aliphatic carbocycles. The maximum Gasteiger partial charge on any atom is 0.326 e. The molecule has 1 aromatic heterocycles. The molecule has 0 aromatic carbocycles. The number of carbonyl (C=O) groups excluding carboxylic acids is 3. The van der Waals surface area contributed by atoms with Gasteiger partial charge in [0.15, 0.2) is 0 Å². The van der Waals surface area contributed by atoms with Gasteiger partial charge in [0.1, 0.15) is 29.6 Å². The summed E-state index contributed by atoms with van der Waals surface area (Å²) in [5, 5.41) is 18.0. The van der Waals surface area contributed by atoms with Crippen molar-refractivity contribution in [3.63, 3.8) is 0 Å². The number of nitrogens with zero attached hydrogens (tertiary/aromatic N) is 1. The second-order valence-electron chi connectivity index (χ2n) is 9.75. The van der Waals surface area contributed by atoms with Crippen LogP contribution in [0.3, 0.4) is 0 Å². The van der Waals surface area contributed by atoms with Crippen molar-refractivity contribution >= 4 is 23.7 Å². The Morgan fingerprint density at radius 2 is 1.74 bits per heavy atom. The molecule has 0 bridgehead atoms. The Kier molecular flexibility index (Phi) is 9.88. The van der Waals surface area contributed by atoms with E-state index in [-0.39, 0.29) is 17.7 Å². The minimum absolute atomic E-state index is 0.245. The van der Waals surface area contributed by atoms with Gasteiger partial charge < -0.3 is 30.4 Å². The zero-order valence-electron chi connectivity index (χ0n) is 21.8. The number of carboxylic acids is 1. The number of likely N-dealkylation sites (N-methyl/N-ethyl adjacent to an activating group) is 1. The largest absolute Gasteiger partial charge is 0.480 e. The number of aliphatic carboxylic acids is 1. The normalized spacial score (nSPS) is 21.3. The van der Waals surface area contributed by atoms with Crippen LogP contribution in [0.5, 0.6) is 0 Å². The number of nitrogens with one attached hydrogen (secondary N) is 3. The lowest BCUT2D eigenvalue weighted by atomic mass is 9.98. The average molecular weight is 493 g/mol. The van der Waals surface area contributed by atoms with E-state index in [4.69, 9.17) is 4.42 Å². The van der Waals surface area contributed by atoms with Gasteiger partial charge in [0, 0.05) is 0 Å². The van der Waals surface area contributed by atoms with Crippen LogP contribution in [0.4, 0.5) is 0 Å². The van der Waals surface area contributed by atoms with Crippen LogP contribution in [0.25, 0.3) is 0 Å². The Balaban J connectivity index is 2.41. The number of carbonyl (C=O) groups is 4. The highest BCUT2D eigenvalue weighted by molar-refractivity contribution is 5.95. The third kappa shape index (κ3) is 6.62. The molecule has 10 heteroatoms. The fourth-order valence-corrected chi connectivity index (χ4v) is 4.30. The molecular formula is C25H40N4O6. The number of rotatable bonds is 11. The maximum atomic E-state index is 13.9. The van der Waals surface area contributed by atoms with Crippen LogP contribution in [-0.2, 0) is 19.2 Å². The molecule has 4 N–H and O–H groups in total. The smallest absolute Gasteiger partial charge is 0.326 e. The van der Waals surface area contributed by atoms with E-state index >= 15 is 0 Å². The minimum atomic E-state index is -1.12. The van der Waals surface area contributed by atoms with E-state index in [0.29, 0.717) is 30.8 Å². The summed E-state index contributed by atoms with van der Waals surface area (Å²) in [6.45, 7) is 10.8. The molecule has 2 heterocycles. The summed E-state index contributed by atoms with van der Waals surface area (Å²) < 4.78 is 5.81. The van der Waals surface area contributed by atoms with Gasteiger partial charge in [-0.3, -0.25) is 14.4 Å². The zero-order chi connectivity index (χ0) is 26.4. The molecule has 35 heavy (non-hydrogen) atoms. The molecule has 6 atom stereocenters. The third-order valence-electron chi connectivity index (χ3n) is 6.87. The summed E-state index contributed by atoms with van der Waals surface area (Å²) >= 11 is 0. The first kappa shape index (κ1) is 28.4. The first-order chi connectivity index (χ1) is 16.4. The van der Waals surface area contributed by atoms with E-state index in [0.717, 1.165) is 0 Å². The van der Waals surface area contributed by atoms with Crippen molar-refractivity contribution < 1.29 is 28.7 Å². The van der Waals surface area contributed by atoms with E-state index in [1.54, 1.807) is 40.0 Å². The van der Waals surface area contributed by atoms with Crippen LogP contribution >= 0.6 is 0 Å². The van der Waals surface area contributed by atoms with Crippen molar-refractivity contribution in [3.05, 3.63) is 23.7 Å². The van der Waals surface area contributed by atoms with Crippen molar-refractivity contribution in [3.8, 4) is 0 Å². The van der Waals surface area contributed by atoms with Crippen molar-refractivity contribution in [1.29, 1.82) is 0 Å². The third-order valence-corrected chi connectivity index (χ3v) is 6.87. The van der Waals surface area contributed by atoms with Gasteiger partial charge in [0.05, 0.1) is 12.1 Å². The van der Waals surface area contributed by atoms with Crippen molar-refractivity contribution in [2.75, 3.05) is 7.05 Å². The summed E-state index contributed by atoms with van der Waals surface area (Å²) in [6, 6.07) is -0.238. The molecule has 1 fully saturated rings. The Bertz CT molecular complexity index is 914. The monoisotopic (exact) mass is 492 g/mol. The van der Waals surface area contributed by atoms with Gasteiger partial charge in [-0.25, -0.2) is 4.79 Å². The second-order valence-corrected chi connectivity index (χ2v) is 9.75. The molecule has 3 amide bonds. The standard InChI is InChI=1S/C25H40N4O6/c1-8-14(4)21(25(33)34)28-23(31)18-11-10-17(19-12-9-15(5)35-19)29(18)24(32)20(13(2)3)27-22(30)16(6)26-7/h9,12-14,16-18,20-21,26H,8,10-11H2,1-7H3,(H,27,30)(H,28,31)(H,33,34)/t14?,16-,17+,18-,20-,21?/m0/s1. The maximum absolute atomic E-state index is 13.9. The molecule has 196 valence electrons. The highest BCUT2D eigenvalue weighted by Crippen LogP contribution is 2.38. The van der Waals surface area contributed by atoms with Crippen molar-refractivity contribution in [1.82, 2.24) is 20.9 Å². The van der Waals surface area contributed by atoms with Crippen LogP contribution in [0, 0.1) is 18.8 Å². The Morgan fingerprint density at radius 1 is 1.09 bits per heavy atom. The molecule has 1 saturated heterocycles. The highest BCUT2D eigenvalue weighted by atomic mass is 16.4. The molecule has 0 spiro atoms. The number of likely N-dealkylation sites (tertiary alicyclic amines) is 1. The SMILES string of the molecule is CCC(C)C(NC(=O)[C@@H]1CC[C@H](c2ccc(C)o2)N1C(=O)[C@@H](NC(=O)[C@H](C)NC)C(C)C)C(=O)O. The predicted octanol–water partition coefficient (Wildman–Crippen LogP) is 1.98. The fourth-order valence-electron chi connectivity index (χ4n) is 4.30. The topological polar surface area (TPSA) is 141 Å². The van der Waals surface area contributed by atoms with Gasteiger partial charge in [-0.2, -0.15) is 0 Å². The second kappa shape index (κ2) is 12.2. The van der Waals surface area contributed by atoms with E-state index in [1.807, 2.05) is 20.8 Å². The van der Waals surface area contributed by atoms with Gasteiger partial charge in [-0.1, -0.05) is 34.1 Å². The van der Waals surface area contributed by atoms with E-state index in [2.05, 4.69) is 16.0 Å². The number of carboxylic acid groups (broad SMARTS) is 1. The summed E-state index contributed by atoms with van der Waals surface area (Å²) in [6.07, 6.45) is 1.40. The summed E-state index contributed by atoms with van der Waals surface area (Å²) in [5.41, 5.74) is 0.